The Hall–Kier alpha value is -1.17. The first-order chi connectivity index (χ1) is 5.65. The van der Waals surface area contributed by atoms with Crippen molar-refractivity contribution in [2.75, 3.05) is 12.4 Å². The molecule has 0 aromatic carbocycles. The SMILES string of the molecule is CNc1ccc(Br)c([N+](=O)[O-])n1. The van der Waals surface area contributed by atoms with E-state index in [1.165, 1.54) is 0 Å². The maximum Gasteiger partial charge on any atom is 0.380 e. The van der Waals surface area contributed by atoms with Crippen molar-refractivity contribution in [2.24, 2.45) is 0 Å². The second-order valence-corrected chi connectivity index (χ2v) is 2.86. The van der Waals surface area contributed by atoms with Crippen LogP contribution in [-0.4, -0.2) is 17.0 Å². The summed E-state index contributed by atoms with van der Waals surface area (Å²) in [7, 11) is 1.65. The summed E-state index contributed by atoms with van der Waals surface area (Å²) in [6.45, 7) is 0. The lowest BCUT2D eigenvalue weighted by atomic mass is 10.4. The van der Waals surface area contributed by atoms with E-state index in [0.29, 0.717) is 10.3 Å². The minimum absolute atomic E-state index is 0.179. The lowest BCUT2D eigenvalue weighted by Gasteiger charge is -1.96. The molecule has 5 nitrogen and oxygen atoms in total. The highest BCUT2D eigenvalue weighted by atomic mass is 79.9. The minimum atomic E-state index is -0.537. The Morgan fingerprint density at radius 3 is 2.83 bits per heavy atom. The molecule has 0 bridgehead atoms. The zero-order chi connectivity index (χ0) is 9.14. The number of pyridine rings is 1. The molecular formula is C6H6BrN3O2. The van der Waals surface area contributed by atoms with E-state index in [1.54, 1.807) is 19.2 Å². The number of anilines is 1. The predicted molar refractivity (Wildman–Crippen MR) is 48.1 cm³/mol. The van der Waals surface area contributed by atoms with Gasteiger partial charge in [0.25, 0.3) is 0 Å². The van der Waals surface area contributed by atoms with Crippen molar-refractivity contribution in [1.29, 1.82) is 0 Å². The minimum Gasteiger partial charge on any atom is -0.358 e. The monoisotopic (exact) mass is 231 g/mol. The quantitative estimate of drug-likeness (QED) is 0.623. The maximum atomic E-state index is 10.4. The molecule has 1 heterocycles. The third-order valence-corrected chi connectivity index (χ3v) is 1.88. The second-order valence-electron chi connectivity index (χ2n) is 2.01. The highest BCUT2D eigenvalue weighted by molar-refractivity contribution is 9.10. The Bertz CT molecular complexity index is 316. The van der Waals surface area contributed by atoms with Gasteiger partial charge in [0.15, 0.2) is 0 Å². The Labute approximate surface area is 77.1 Å². The molecule has 1 N–H and O–H groups in total. The standard InChI is InChI=1S/C6H6BrN3O2/c1-8-5-3-2-4(7)6(9-5)10(11)12/h2-3H,1H3,(H,8,9). The van der Waals surface area contributed by atoms with Crippen molar-refractivity contribution in [1.82, 2.24) is 4.98 Å². The number of aromatic nitrogens is 1. The summed E-state index contributed by atoms with van der Waals surface area (Å²) in [5.41, 5.74) is 0. The summed E-state index contributed by atoms with van der Waals surface area (Å²) < 4.78 is 0.381. The van der Waals surface area contributed by atoms with Crippen molar-refractivity contribution in [3.05, 3.63) is 26.7 Å². The summed E-state index contributed by atoms with van der Waals surface area (Å²) in [6.07, 6.45) is 0. The topological polar surface area (TPSA) is 68.1 Å². The van der Waals surface area contributed by atoms with Gasteiger partial charge in [0.1, 0.15) is 4.47 Å². The number of nitrogens with zero attached hydrogens (tertiary/aromatic N) is 2. The molecule has 0 aliphatic heterocycles. The normalized spacial score (nSPS) is 9.50. The van der Waals surface area contributed by atoms with Crippen molar-refractivity contribution < 1.29 is 4.92 Å². The van der Waals surface area contributed by atoms with E-state index in [4.69, 9.17) is 0 Å². The van der Waals surface area contributed by atoms with Crippen LogP contribution in [0.3, 0.4) is 0 Å². The lowest BCUT2D eigenvalue weighted by Crippen LogP contribution is -1.97. The molecule has 0 unspecified atom stereocenters. The summed E-state index contributed by atoms with van der Waals surface area (Å²) in [6, 6.07) is 3.23. The average Bonchev–Trinajstić information content (AvgIpc) is 2.05. The van der Waals surface area contributed by atoms with Crippen molar-refractivity contribution in [2.45, 2.75) is 0 Å². The average molecular weight is 232 g/mol. The van der Waals surface area contributed by atoms with Crippen molar-refractivity contribution in [3.8, 4) is 0 Å². The molecule has 0 aliphatic carbocycles. The van der Waals surface area contributed by atoms with Crippen LogP contribution < -0.4 is 5.32 Å². The Balaban J connectivity index is 3.17. The van der Waals surface area contributed by atoms with Gasteiger partial charge in [0.05, 0.1) is 0 Å². The number of hydrogen-bond donors (Lipinski definition) is 1. The molecule has 1 aromatic rings. The molecule has 64 valence electrons. The molecule has 0 saturated carbocycles. The highest BCUT2D eigenvalue weighted by Gasteiger charge is 2.14. The van der Waals surface area contributed by atoms with Crippen LogP contribution in [0.5, 0.6) is 0 Å². The van der Waals surface area contributed by atoms with Gasteiger partial charge in [-0.25, -0.2) is 0 Å². The van der Waals surface area contributed by atoms with Crippen LogP contribution in [0.25, 0.3) is 0 Å². The molecule has 0 amide bonds. The second kappa shape index (κ2) is 3.48. The van der Waals surface area contributed by atoms with E-state index in [-0.39, 0.29) is 5.82 Å². The highest BCUT2D eigenvalue weighted by Crippen LogP contribution is 2.23. The van der Waals surface area contributed by atoms with Crippen LogP contribution >= 0.6 is 15.9 Å². The Morgan fingerprint density at radius 1 is 1.67 bits per heavy atom. The smallest absolute Gasteiger partial charge is 0.358 e. The molecule has 0 atom stereocenters. The zero-order valence-electron chi connectivity index (χ0n) is 6.24. The maximum absolute atomic E-state index is 10.4. The first kappa shape index (κ1) is 8.92. The van der Waals surface area contributed by atoms with Gasteiger partial charge in [-0.2, -0.15) is 0 Å². The van der Waals surface area contributed by atoms with E-state index in [9.17, 15) is 10.1 Å². The van der Waals surface area contributed by atoms with Crippen LogP contribution in [0, 0.1) is 10.1 Å². The number of nitro groups is 1. The third-order valence-electron chi connectivity index (χ3n) is 1.26. The van der Waals surface area contributed by atoms with Gasteiger partial charge in [0, 0.05) is 13.1 Å². The molecule has 0 aliphatic rings. The summed E-state index contributed by atoms with van der Waals surface area (Å²) in [4.78, 5) is 13.6. The van der Waals surface area contributed by atoms with E-state index < -0.39 is 4.92 Å². The molecule has 0 spiro atoms. The van der Waals surface area contributed by atoms with Gasteiger partial charge in [-0.15, -0.1) is 0 Å². The summed E-state index contributed by atoms with van der Waals surface area (Å²) in [5, 5.41) is 13.1. The van der Waals surface area contributed by atoms with E-state index in [2.05, 4.69) is 26.2 Å². The van der Waals surface area contributed by atoms with Gasteiger partial charge in [-0.05, 0) is 31.9 Å². The first-order valence-corrected chi connectivity index (χ1v) is 3.93. The fourth-order valence-electron chi connectivity index (χ4n) is 0.699. The Morgan fingerprint density at radius 2 is 2.33 bits per heavy atom. The van der Waals surface area contributed by atoms with Crippen molar-refractivity contribution >= 4 is 27.6 Å². The van der Waals surface area contributed by atoms with E-state index >= 15 is 0 Å². The van der Waals surface area contributed by atoms with E-state index in [0.717, 1.165) is 0 Å². The van der Waals surface area contributed by atoms with Gasteiger partial charge < -0.3 is 15.4 Å². The van der Waals surface area contributed by atoms with E-state index in [1.807, 2.05) is 0 Å². The van der Waals surface area contributed by atoms with Crippen LogP contribution in [0.4, 0.5) is 11.6 Å². The van der Waals surface area contributed by atoms with Crippen molar-refractivity contribution in [3.63, 3.8) is 0 Å². The largest absolute Gasteiger partial charge is 0.380 e. The fraction of sp³-hybridized carbons (Fsp3) is 0.167. The first-order valence-electron chi connectivity index (χ1n) is 3.14. The predicted octanol–water partition coefficient (Wildman–Crippen LogP) is 1.79. The molecule has 1 rings (SSSR count). The lowest BCUT2D eigenvalue weighted by molar-refractivity contribution is -0.390. The molecule has 12 heavy (non-hydrogen) atoms. The van der Waals surface area contributed by atoms with Crippen LogP contribution in [-0.2, 0) is 0 Å². The number of nitrogens with one attached hydrogen (secondary N) is 1. The molecular weight excluding hydrogens is 226 g/mol. The number of hydrogen-bond acceptors (Lipinski definition) is 4. The zero-order valence-corrected chi connectivity index (χ0v) is 7.83. The van der Waals surface area contributed by atoms with Crippen LogP contribution in [0.1, 0.15) is 0 Å². The Kier molecular flexibility index (Phi) is 2.59. The van der Waals surface area contributed by atoms with Gasteiger partial charge >= 0.3 is 5.82 Å². The third kappa shape index (κ3) is 1.70. The summed E-state index contributed by atoms with van der Waals surface area (Å²) in [5.74, 6) is 0.298. The fourth-order valence-corrected chi connectivity index (χ4v) is 1.06. The summed E-state index contributed by atoms with van der Waals surface area (Å²) >= 11 is 3.03. The number of rotatable bonds is 2. The molecule has 0 saturated heterocycles. The molecule has 0 radical (unpaired) electrons. The molecule has 6 heteroatoms. The van der Waals surface area contributed by atoms with Gasteiger partial charge in [-0.1, -0.05) is 0 Å². The molecule has 1 aromatic heterocycles. The van der Waals surface area contributed by atoms with Crippen LogP contribution in [0.15, 0.2) is 16.6 Å². The molecule has 0 fully saturated rings. The van der Waals surface area contributed by atoms with Gasteiger partial charge in [0.2, 0.25) is 5.82 Å². The van der Waals surface area contributed by atoms with Crippen LogP contribution in [0.2, 0.25) is 0 Å². The van der Waals surface area contributed by atoms with Gasteiger partial charge in [-0.3, -0.25) is 0 Å². The number of halogens is 1.